The van der Waals surface area contributed by atoms with E-state index in [1.165, 1.54) is 0 Å². The van der Waals surface area contributed by atoms with Crippen molar-refractivity contribution in [3.63, 3.8) is 0 Å². The molecule has 0 aliphatic rings. The van der Waals surface area contributed by atoms with Crippen molar-refractivity contribution in [2.24, 2.45) is 0 Å². The predicted molar refractivity (Wildman–Crippen MR) is 58.9 cm³/mol. The molecule has 0 saturated heterocycles. The lowest BCUT2D eigenvalue weighted by atomic mass is 10.2. The zero-order valence-corrected chi connectivity index (χ0v) is 10.3. The molecule has 0 saturated carbocycles. The Morgan fingerprint density at radius 1 is 1.32 bits per heavy atom. The standard InChI is InChI=1S/C9H9F3N4O2S/c10-9(11,12)7-13-14-8-16(7)15-5(19-8)3-1-2-4-6(17)18/h1-4H2,(H,17,18). The van der Waals surface area contributed by atoms with Crippen molar-refractivity contribution in [1.29, 1.82) is 0 Å². The molecule has 2 aromatic rings. The van der Waals surface area contributed by atoms with Gasteiger partial charge >= 0.3 is 12.1 Å². The van der Waals surface area contributed by atoms with Gasteiger partial charge in [-0.25, -0.2) is 0 Å². The summed E-state index contributed by atoms with van der Waals surface area (Å²) in [7, 11) is 0. The minimum Gasteiger partial charge on any atom is -0.481 e. The Balaban J connectivity index is 2.06. The summed E-state index contributed by atoms with van der Waals surface area (Å²) in [5.74, 6) is -2.03. The fourth-order valence-corrected chi connectivity index (χ4v) is 2.36. The normalized spacial score (nSPS) is 12.2. The molecule has 2 heterocycles. The van der Waals surface area contributed by atoms with E-state index in [9.17, 15) is 18.0 Å². The molecule has 0 bridgehead atoms. The van der Waals surface area contributed by atoms with Crippen molar-refractivity contribution in [2.45, 2.75) is 31.9 Å². The van der Waals surface area contributed by atoms with Crippen molar-refractivity contribution in [3.05, 3.63) is 10.8 Å². The summed E-state index contributed by atoms with van der Waals surface area (Å²) in [5.41, 5.74) is 0. The van der Waals surface area contributed by atoms with Crippen LogP contribution < -0.4 is 0 Å². The number of hydrogen-bond donors (Lipinski definition) is 1. The van der Waals surface area contributed by atoms with E-state index in [4.69, 9.17) is 5.11 Å². The van der Waals surface area contributed by atoms with Crippen LogP contribution in [0.3, 0.4) is 0 Å². The van der Waals surface area contributed by atoms with Crippen LogP contribution in [-0.4, -0.2) is 30.9 Å². The van der Waals surface area contributed by atoms with E-state index in [-0.39, 0.29) is 11.4 Å². The molecule has 0 atom stereocenters. The number of nitrogens with zero attached hydrogens (tertiary/aromatic N) is 4. The van der Waals surface area contributed by atoms with Crippen LogP contribution in [0.25, 0.3) is 4.96 Å². The molecule has 0 aromatic carbocycles. The highest BCUT2D eigenvalue weighted by atomic mass is 32.1. The molecule has 0 spiro atoms. The fourth-order valence-electron chi connectivity index (χ4n) is 1.49. The Morgan fingerprint density at radius 2 is 2.05 bits per heavy atom. The second-order valence-corrected chi connectivity index (χ2v) is 4.85. The Morgan fingerprint density at radius 3 is 2.68 bits per heavy atom. The lowest BCUT2D eigenvalue weighted by molar-refractivity contribution is -0.146. The Hall–Kier alpha value is -1.71. The largest absolute Gasteiger partial charge is 0.481 e. The number of carboxylic acid groups (broad SMARTS) is 1. The van der Waals surface area contributed by atoms with Gasteiger partial charge in [0.2, 0.25) is 4.96 Å². The third-order valence-corrected chi connectivity index (χ3v) is 3.28. The summed E-state index contributed by atoms with van der Waals surface area (Å²) in [6.45, 7) is 0. The third-order valence-electron chi connectivity index (χ3n) is 2.32. The first-order valence-electron chi connectivity index (χ1n) is 5.38. The van der Waals surface area contributed by atoms with E-state index < -0.39 is 18.0 Å². The number of aliphatic carboxylic acids is 1. The minimum absolute atomic E-state index is 0.0396. The first kappa shape index (κ1) is 13.7. The van der Waals surface area contributed by atoms with E-state index in [1.807, 2.05) is 0 Å². The Labute approximate surface area is 108 Å². The molecule has 2 rings (SSSR count). The SMILES string of the molecule is O=C(O)CCCCc1nn2c(C(F)(F)F)nnc2s1. The van der Waals surface area contributed by atoms with Gasteiger partial charge in [-0.05, 0) is 12.8 Å². The number of halogens is 3. The number of aromatic nitrogens is 4. The van der Waals surface area contributed by atoms with Gasteiger partial charge in [0.25, 0.3) is 5.82 Å². The van der Waals surface area contributed by atoms with Gasteiger partial charge in [0, 0.05) is 12.8 Å². The van der Waals surface area contributed by atoms with Gasteiger partial charge in [-0.3, -0.25) is 4.79 Å². The summed E-state index contributed by atoms with van der Waals surface area (Å²) >= 11 is 1.02. The van der Waals surface area contributed by atoms with Crippen molar-refractivity contribution in [2.75, 3.05) is 0 Å². The third kappa shape index (κ3) is 3.19. The van der Waals surface area contributed by atoms with E-state index in [0.29, 0.717) is 28.8 Å². The van der Waals surface area contributed by atoms with Crippen LogP contribution in [0.4, 0.5) is 13.2 Å². The fraction of sp³-hybridized carbons (Fsp3) is 0.556. The summed E-state index contributed by atoms with van der Waals surface area (Å²) in [4.78, 5) is 10.4. The van der Waals surface area contributed by atoms with E-state index in [1.54, 1.807) is 0 Å². The molecule has 0 radical (unpaired) electrons. The molecule has 1 N–H and O–H groups in total. The van der Waals surface area contributed by atoms with Gasteiger partial charge in [-0.1, -0.05) is 11.3 Å². The molecule has 6 nitrogen and oxygen atoms in total. The second kappa shape index (κ2) is 5.11. The molecular weight excluding hydrogens is 285 g/mol. The highest BCUT2D eigenvalue weighted by molar-refractivity contribution is 7.16. The summed E-state index contributed by atoms with van der Waals surface area (Å²) in [6, 6.07) is 0. The molecular formula is C9H9F3N4O2S. The molecule has 104 valence electrons. The molecule has 0 unspecified atom stereocenters. The second-order valence-electron chi connectivity index (χ2n) is 3.81. The van der Waals surface area contributed by atoms with Gasteiger partial charge in [0.15, 0.2) is 0 Å². The van der Waals surface area contributed by atoms with E-state index in [2.05, 4.69) is 15.3 Å². The van der Waals surface area contributed by atoms with Crippen LogP contribution in [0.2, 0.25) is 0 Å². The van der Waals surface area contributed by atoms with Gasteiger partial charge in [-0.2, -0.15) is 22.8 Å². The van der Waals surface area contributed by atoms with Crippen LogP contribution >= 0.6 is 11.3 Å². The van der Waals surface area contributed by atoms with Crippen molar-refractivity contribution in [1.82, 2.24) is 19.8 Å². The summed E-state index contributed by atoms with van der Waals surface area (Å²) in [5, 5.41) is 19.2. The molecule has 0 aliphatic heterocycles. The highest BCUT2D eigenvalue weighted by Crippen LogP contribution is 2.29. The first-order chi connectivity index (χ1) is 8.88. The summed E-state index contributed by atoms with van der Waals surface area (Å²) in [6.07, 6.45) is -3.11. The minimum atomic E-state index is -4.59. The van der Waals surface area contributed by atoms with Crippen molar-refractivity contribution >= 4 is 22.3 Å². The maximum Gasteiger partial charge on any atom is 0.453 e. The first-order valence-corrected chi connectivity index (χ1v) is 6.19. The molecule has 0 amide bonds. The number of fused-ring (bicyclic) bond motifs is 1. The maximum absolute atomic E-state index is 12.5. The van der Waals surface area contributed by atoms with Crippen LogP contribution in [0, 0.1) is 0 Å². The van der Waals surface area contributed by atoms with E-state index >= 15 is 0 Å². The Bertz CT molecular complexity index is 592. The number of carbonyl (C=O) groups is 1. The molecule has 0 aliphatic carbocycles. The number of carboxylic acids is 1. The lowest BCUT2D eigenvalue weighted by Gasteiger charge is -2.00. The molecule has 19 heavy (non-hydrogen) atoms. The number of unbranched alkanes of at least 4 members (excludes halogenated alkanes) is 1. The van der Waals surface area contributed by atoms with Gasteiger partial charge in [0.1, 0.15) is 5.01 Å². The Kier molecular flexibility index (Phi) is 3.69. The quantitative estimate of drug-likeness (QED) is 0.853. The van der Waals surface area contributed by atoms with Crippen LogP contribution in [-0.2, 0) is 17.4 Å². The number of rotatable bonds is 5. The lowest BCUT2D eigenvalue weighted by Crippen LogP contribution is -2.11. The highest BCUT2D eigenvalue weighted by Gasteiger charge is 2.38. The predicted octanol–water partition coefficient (Wildman–Crippen LogP) is 2.00. The molecule has 10 heteroatoms. The van der Waals surface area contributed by atoms with Crippen molar-refractivity contribution < 1.29 is 23.1 Å². The van der Waals surface area contributed by atoms with Gasteiger partial charge < -0.3 is 5.11 Å². The number of alkyl halides is 3. The van der Waals surface area contributed by atoms with Crippen LogP contribution in [0.15, 0.2) is 0 Å². The average molecular weight is 294 g/mol. The smallest absolute Gasteiger partial charge is 0.453 e. The van der Waals surface area contributed by atoms with Crippen LogP contribution in [0.5, 0.6) is 0 Å². The molecule has 0 fully saturated rings. The van der Waals surface area contributed by atoms with Crippen LogP contribution in [0.1, 0.15) is 30.1 Å². The number of aryl methyl sites for hydroxylation is 1. The van der Waals surface area contributed by atoms with Gasteiger partial charge in [-0.15, -0.1) is 10.2 Å². The average Bonchev–Trinajstić information content (AvgIpc) is 2.81. The maximum atomic E-state index is 12.5. The molecule has 2 aromatic heterocycles. The number of hydrogen-bond acceptors (Lipinski definition) is 5. The topological polar surface area (TPSA) is 80.4 Å². The zero-order chi connectivity index (χ0) is 14.0. The van der Waals surface area contributed by atoms with Gasteiger partial charge in [0.05, 0.1) is 0 Å². The summed E-state index contributed by atoms with van der Waals surface area (Å²) < 4.78 is 38.3. The monoisotopic (exact) mass is 294 g/mol. The van der Waals surface area contributed by atoms with Crippen molar-refractivity contribution in [3.8, 4) is 0 Å². The zero-order valence-electron chi connectivity index (χ0n) is 9.51. The van der Waals surface area contributed by atoms with E-state index in [0.717, 1.165) is 11.3 Å².